The van der Waals surface area contributed by atoms with Gasteiger partial charge in [0.15, 0.2) is 0 Å². The highest BCUT2D eigenvalue weighted by molar-refractivity contribution is 7.10. The Balaban J connectivity index is 1.64. The fourth-order valence-electron chi connectivity index (χ4n) is 3.60. The Morgan fingerprint density at radius 3 is 2.59 bits per heavy atom. The molecule has 0 fully saturated rings. The monoisotopic (exact) mass is 372 g/mol. The summed E-state index contributed by atoms with van der Waals surface area (Å²) in [6.07, 6.45) is 3.51. The summed E-state index contributed by atoms with van der Waals surface area (Å²) >= 11 is 1.66. The maximum Gasteiger partial charge on any atom is 0.273 e. The van der Waals surface area contributed by atoms with Crippen molar-refractivity contribution < 1.29 is 4.79 Å². The lowest BCUT2D eigenvalue weighted by Gasteiger charge is -2.25. The first-order chi connectivity index (χ1) is 13.3. The molecule has 1 unspecified atom stereocenters. The second kappa shape index (κ2) is 6.48. The average Bonchev–Trinajstić information content (AvgIpc) is 3.43. The van der Waals surface area contributed by atoms with Gasteiger partial charge in [-0.05, 0) is 29.1 Å². The third-order valence-electron chi connectivity index (χ3n) is 4.83. The van der Waals surface area contributed by atoms with Crippen LogP contribution in [0.2, 0.25) is 0 Å². The van der Waals surface area contributed by atoms with Crippen molar-refractivity contribution in [2.24, 2.45) is 0 Å². The van der Waals surface area contributed by atoms with Crippen LogP contribution in [0.3, 0.4) is 0 Å². The van der Waals surface area contributed by atoms with E-state index in [1.54, 1.807) is 23.7 Å². The van der Waals surface area contributed by atoms with Gasteiger partial charge < -0.3 is 4.90 Å². The number of benzene rings is 1. The number of rotatable bonds is 4. The summed E-state index contributed by atoms with van der Waals surface area (Å²) in [6, 6.07) is 17.9. The molecule has 3 aromatic heterocycles. The van der Waals surface area contributed by atoms with Gasteiger partial charge in [0.25, 0.3) is 5.91 Å². The molecule has 6 heteroatoms. The molecule has 1 aliphatic heterocycles. The van der Waals surface area contributed by atoms with Crippen LogP contribution < -0.4 is 0 Å². The lowest BCUT2D eigenvalue weighted by atomic mass is 10.0. The number of carbonyl (C=O) groups excluding carboxylic acids is 1. The van der Waals surface area contributed by atoms with Gasteiger partial charge >= 0.3 is 0 Å². The molecule has 0 aliphatic carbocycles. The Morgan fingerprint density at radius 1 is 1.04 bits per heavy atom. The number of amides is 1. The largest absolute Gasteiger partial charge is 0.321 e. The summed E-state index contributed by atoms with van der Waals surface area (Å²) in [6.45, 7) is 0.528. The Hall–Kier alpha value is -3.25. The number of pyridine rings is 1. The molecule has 0 saturated carbocycles. The maximum absolute atomic E-state index is 13.2. The van der Waals surface area contributed by atoms with Crippen molar-refractivity contribution in [2.45, 2.75) is 12.6 Å². The van der Waals surface area contributed by atoms with Crippen LogP contribution in [0.4, 0.5) is 0 Å². The Bertz CT molecular complexity index is 1070. The molecule has 5 nitrogen and oxygen atoms in total. The molecule has 5 rings (SSSR count). The van der Waals surface area contributed by atoms with Crippen molar-refractivity contribution >= 4 is 17.2 Å². The van der Waals surface area contributed by atoms with Crippen LogP contribution in [0.1, 0.15) is 32.5 Å². The third kappa shape index (κ3) is 2.65. The molecule has 0 bridgehead atoms. The highest BCUT2D eigenvalue weighted by Crippen LogP contribution is 2.44. The van der Waals surface area contributed by atoms with Gasteiger partial charge in [0.2, 0.25) is 0 Å². The lowest BCUT2D eigenvalue weighted by molar-refractivity contribution is 0.0732. The molecular weight excluding hydrogens is 356 g/mol. The molecule has 27 heavy (non-hydrogen) atoms. The van der Waals surface area contributed by atoms with Gasteiger partial charge in [0.1, 0.15) is 5.69 Å². The highest BCUT2D eigenvalue weighted by Gasteiger charge is 2.42. The standard InChI is InChI=1S/C21H16N4OS/c26-21-19-17(18(23-24-19)15-5-2-1-3-6-15)20(16-7-4-12-27-16)25(21)13-14-8-10-22-11-9-14/h1-12,20H,13H2,(H,23,24). The fourth-order valence-corrected chi connectivity index (χ4v) is 4.45. The molecule has 1 atom stereocenters. The van der Waals surface area contributed by atoms with Gasteiger partial charge in [-0.2, -0.15) is 5.10 Å². The highest BCUT2D eigenvalue weighted by atomic mass is 32.1. The first-order valence-corrected chi connectivity index (χ1v) is 9.58. The predicted octanol–water partition coefficient (Wildman–Crippen LogP) is 4.28. The number of hydrogen-bond acceptors (Lipinski definition) is 4. The minimum Gasteiger partial charge on any atom is -0.321 e. The smallest absolute Gasteiger partial charge is 0.273 e. The van der Waals surface area contributed by atoms with Gasteiger partial charge in [0, 0.05) is 34.9 Å². The van der Waals surface area contributed by atoms with E-state index in [4.69, 9.17) is 0 Å². The summed E-state index contributed by atoms with van der Waals surface area (Å²) in [7, 11) is 0. The van der Waals surface area contributed by atoms with Crippen LogP contribution >= 0.6 is 11.3 Å². The van der Waals surface area contributed by atoms with Gasteiger partial charge in [0.05, 0.1) is 11.7 Å². The third-order valence-corrected chi connectivity index (χ3v) is 5.75. The summed E-state index contributed by atoms with van der Waals surface area (Å²) in [5.74, 6) is -0.0186. The van der Waals surface area contributed by atoms with E-state index < -0.39 is 0 Å². The molecule has 1 amide bonds. The number of thiophene rings is 1. The predicted molar refractivity (Wildman–Crippen MR) is 104 cm³/mol. The quantitative estimate of drug-likeness (QED) is 0.582. The van der Waals surface area contributed by atoms with Crippen LogP contribution in [0.5, 0.6) is 0 Å². The van der Waals surface area contributed by atoms with Gasteiger partial charge in [-0.25, -0.2) is 0 Å². The molecule has 4 heterocycles. The van der Waals surface area contributed by atoms with Crippen LogP contribution in [0.25, 0.3) is 11.3 Å². The zero-order chi connectivity index (χ0) is 18.2. The van der Waals surface area contributed by atoms with Gasteiger partial charge in [-0.3, -0.25) is 14.9 Å². The maximum atomic E-state index is 13.2. The minimum absolute atomic E-state index is 0.0186. The van der Waals surface area contributed by atoms with Crippen molar-refractivity contribution in [2.75, 3.05) is 0 Å². The minimum atomic E-state index is -0.144. The lowest BCUT2D eigenvalue weighted by Crippen LogP contribution is -2.28. The van der Waals surface area contributed by atoms with Crippen molar-refractivity contribution in [1.29, 1.82) is 0 Å². The van der Waals surface area contributed by atoms with Crippen LogP contribution in [-0.2, 0) is 6.54 Å². The number of aromatic amines is 1. The number of hydrogen-bond donors (Lipinski definition) is 1. The normalized spacial score (nSPS) is 15.9. The topological polar surface area (TPSA) is 61.9 Å². The first kappa shape index (κ1) is 16.0. The Kier molecular flexibility index (Phi) is 3.83. The molecule has 0 saturated heterocycles. The zero-order valence-corrected chi connectivity index (χ0v) is 15.2. The molecule has 0 spiro atoms. The fraction of sp³-hybridized carbons (Fsp3) is 0.0952. The van der Waals surface area contributed by atoms with E-state index in [9.17, 15) is 4.79 Å². The molecule has 132 valence electrons. The second-order valence-corrected chi connectivity index (χ2v) is 7.41. The van der Waals surface area contributed by atoms with E-state index in [2.05, 4.69) is 21.2 Å². The Labute approximate surface area is 160 Å². The molecule has 1 aromatic carbocycles. The van der Waals surface area contributed by atoms with Crippen molar-refractivity contribution in [3.8, 4) is 11.3 Å². The molecular formula is C21H16N4OS. The molecule has 1 N–H and O–H groups in total. The van der Waals surface area contributed by atoms with Crippen molar-refractivity contribution in [3.63, 3.8) is 0 Å². The van der Waals surface area contributed by atoms with E-state index in [1.807, 2.05) is 58.8 Å². The van der Waals surface area contributed by atoms with E-state index in [0.29, 0.717) is 12.2 Å². The summed E-state index contributed by atoms with van der Waals surface area (Å²) in [5, 5.41) is 9.52. The molecule has 0 radical (unpaired) electrons. The van der Waals surface area contributed by atoms with Crippen LogP contribution in [0, 0.1) is 0 Å². The van der Waals surface area contributed by atoms with Gasteiger partial charge in [-0.15, -0.1) is 11.3 Å². The SMILES string of the molecule is O=C1c2[nH]nc(-c3ccccc3)c2C(c2cccs2)N1Cc1ccncc1. The number of nitrogens with one attached hydrogen (secondary N) is 1. The average molecular weight is 372 g/mol. The number of fused-ring (bicyclic) bond motifs is 1. The number of H-pyrrole nitrogens is 1. The summed E-state index contributed by atoms with van der Waals surface area (Å²) < 4.78 is 0. The summed E-state index contributed by atoms with van der Waals surface area (Å²) in [5.41, 5.74) is 4.45. The van der Waals surface area contributed by atoms with E-state index in [1.165, 1.54) is 0 Å². The van der Waals surface area contributed by atoms with Crippen molar-refractivity contribution in [3.05, 3.63) is 94.1 Å². The summed E-state index contributed by atoms with van der Waals surface area (Å²) in [4.78, 5) is 20.3. The van der Waals surface area contributed by atoms with Crippen LogP contribution in [0.15, 0.2) is 72.4 Å². The second-order valence-electron chi connectivity index (χ2n) is 6.43. The van der Waals surface area contributed by atoms with Crippen molar-refractivity contribution in [1.82, 2.24) is 20.1 Å². The Morgan fingerprint density at radius 2 is 1.85 bits per heavy atom. The van der Waals surface area contributed by atoms with E-state index in [0.717, 1.165) is 27.3 Å². The number of nitrogens with zero attached hydrogens (tertiary/aromatic N) is 3. The van der Waals surface area contributed by atoms with E-state index in [-0.39, 0.29) is 11.9 Å². The number of aromatic nitrogens is 3. The van der Waals surface area contributed by atoms with Gasteiger partial charge in [-0.1, -0.05) is 36.4 Å². The first-order valence-electron chi connectivity index (χ1n) is 8.70. The van der Waals surface area contributed by atoms with Crippen LogP contribution in [-0.4, -0.2) is 26.0 Å². The number of carbonyl (C=O) groups is 1. The molecule has 4 aromatic rings. The van der Waals surface area contributed by atoms with E-state index >= 15 is 0 Å². The zero-order valence-electron chi connectivity index (χ0n) is 14.4. The molecule has 1 aliphatic rings.